The highest BCUT2D eigenvalue weighted by molar-refractivity contribution is 5.88. The van der Waals surface area contributed by atoms with Gasteiger partial charge in [0.25, 0.3) is 5.91 Å². The summed E-state index contributed by atoms with van der Waals surface area (Å²) in [7, 11) is 1.56. The van der Waals surface area contributed by atoms with E-state index in [4.69, 9.17) is 9.47 Å². The molecule has 0 heterocycles. The number of para-hydroxylation sites is 2. The van der Waals surface area contributed by atoms with Crippen LogP contribution in [0.25, 0.3) is 0 Å². The molecule has 0 saturated heterocycles. The van der Waals surface area contributed by atoms with Crippen LogP contribution in [0.4, 0.5) is 0 Å². The van der Waals surface area contributed by atoms with Gasteiger partial charge in [-0.1, -0.05) is 61.2 Å². The van der Waals surface area contributed by atoms with Gasteiger partial charge in [0.15, 0.2) is 18.1 Å². The van der Waals surface area contributed by atoms with Crippen LogP contribution in [0.15, 0.2) is 48.5 Å². The Hall–Kier alpha value is -3.02. The molecule has 0 radical (unpaired) electrons. The third kappa shape index (κ3) is 6.49. The molecule has 0 aliphatic heterocycles. The lowest BCUT2D eigenvalue weighted by Crippen LogP contribution is -2.51. The van der Waals surface area contributed by atoms with Crippen LogP contribution >= 0.6 is 0 Å². The minimum Gasteiger partial charge on any atom is -0.493 e. The number of nitrogens with one attached hydrogen (secondary N) is 1. The Morgan fingerprint density at radius 1 is 1.06 bits per heavy atom. The molecule has 2 amide bonds. The van der Waals surface area contributed by atoms with E-state index in [1.807, 2.05) is 43.3 Å². The molecule has 172 valence electrons. The molecular formula is C26H34N2O4. The van der Waals surface area contributed by atoms with E-state index < -0.39 is 6.04 Å². The summed E-state index contributed by atoms with van der Waals surface area (Å²) in [6, 6.07) is 14.8. The molecule has 3 rings (SSSR count). The van der Waals surface area contributed by atoms with Gasteiger partial charge in [0.1, 0.15) is 6.04 Å². The van der Waals surface area contributed by atoms with Crippen molar-refractivity contribution in [3.8, 4) is 11.5 Å². The van der Waals surface area contributed by atoms with Gasteiger partial charge in [-0.2, -0.15) is 0 Å². The second kappa shape index (κ2) is 11.6. The van der Waals surface area contributed by atoms with Gasteiger partial charge in [-0.15, -0.1) is 0 Å². The molecule has 0 aromatic heterocycles. The molecule has 6 nitrogen and oxygen atoms in total. The third-order valence-corrected chi connectivity index (χ3v) is 5.97. The molecule has 1 N–H and O–H groups in total. The van der Waals surface area contributed by atoms with E-state index in [1.165, 1.54) is 6.42 Å². The predicted octanol–water partition coefficient (Wildman–Crippen LogP) is 4.25. The molecule has 0 spiro atoms. The number of carbonyl (C=O) groups excluding carboxylic acids is 2. The van der Waals surface area contributed by atoms with Crippen molar-refractivity contribution in [2.45, 2.75) is 64.6 Å². The van der Waals surface area contributed by atoms with Gasteiger partial charge in [0.05, 0.1) is 7.11 Å². The molecule has 1 aliphatic rings. The lowest BCUT2D eigenvalue weighted by atomic mass is 9.95. The zero-order valence-electron chi connectivity index (χ0n) is 19.3. The average molecular weight is 439 g/mol. The summed E-state index contributed by atoms with van der Waals surface area (Å²) in [5, 5.41) is 3.15. The average Bonchev–Trinajstić information content (AvgIpc) is 2.81. The van der Waals surface area contributed by atoms with E-state index in [0.29, 0.717) is 18.0 Å². The van der Waals surface area contributed by atoms with Crippen LogP contribution in [0.1, 0.15) is 50.2 Å². The van der Waals surface area contributed by atoms with Gasteiger partial charge in [0, 0.05) is 12.6 Å². The van der Waals surface area contributed by atoms with Gasteiger partial charge in [-0.05, 0) is 44.4 Å². The fourth-order valence-corrected chi connectivity index (χ4v) is 4.12. The van der Waals surface area contributed by atoms with E-state index in [1.54, 1.807) is 31.1 Å². The number of ether oxygens (including phenoxy) is 2. The molecule has 1 atom stereocenters. The first-order valence-corrected chi connectivity index (χ1v) is 11.4. The molecule has 32 heavy (non-hydrogen) atoms. The minimum atomic E-state index is -0.605. The smallest absolute Gasteiger partial charge is 0.261 e. The van der Waals surface area contributed by atoms with Crippen molar-refractivity contribution >= 4 is 11.8 Å². The summed E-state index contributed by atoms with van der Waals surface area (Å²) in [6.07, 6.45) is 5.50. The summed E-state index contributed by atoms with van der Waals surface area (Å²) in [4.78, 5) is 27.8. The quantitative estimate of drug-likeness (QED) is 0.636. The van der Waals surface area contributed by atoms with Crippen molar-refractivity contribution in [1.29, 1.82) is 0 Å². The zero-order valence-corrected chi connectivity index (χ0v) is 19.3. The van der Waals surface area contributed by atoms with Gasteiger partial charge < -0.3 is 19.7 Å². The third-order valence-electron chi connectivity index (χ3n) is 5.97. The SMILES string of the molecule is COc1ccccc1OCC(=O)N(Cc1cccc(C)c1)[C@@H](C)C(=O)NC1CCCCC1. The lowest BCUT2D eigenvalue weighted by Gasteiger charge is -2.31. The highest BCUT2D eigenvalue weighted by Gasteiger charge is 2.28. The van der Waals surface area contributed by atoms with Crippen molar-refractivity contribution in [2.75, 3.05) is 13.7 Å². The molecule has 0 unspecified atom stereocenters. The summed E-state index contributed by atoms with van der Waals surface area (Å²) in [5.74, 6) is 0.700. The number of amides is 2. The fourth-order valence-electron chi connectivity index (χ4n) is 4.12. The standard InChI is InChI=1S/C26H34N2O4/c1-19-10-9-11-21(16-19)17-28(20(2)26(30)27-22-12-5-4-6-13-22)25(29)18-32-24-15-8-7-14-23(24)31-3/h7-11,14-16,20,22H,4-6,12-13,17-18H2,1-3H3,(H,27,30)/t20-/m0/s1. The molecule has 2 aromatic carbocycles. The number of hydrogen-bond donors (Lipinski definition) is 1. The van der Waals surface area contributed by atoms with Crippen molar-refractivity contribution < 1.29 is 19.1 Å². The van der Waals surface area contributed by atoms with Crippen LogP contribution in [-0.4, -0.2) is 42.5 Å². The van der Waals surface area contributed by atoms with Crippen LogP contribution in [0.3, 0.4) is 0 Å². The summed E-state index contributed by atoms with van der Waals surface area (Å²) in [6.45, 7) is 3.97. The van der Waals surface area contributed by atoms with E-state index in [2.05, 4.69) is 5.32 Å². The normalized spacial score (nSPS) is 15.0. The van der Waals surface area contributed by atoms with Crippen LogP contribution < -0.4 is 14.8 Å². The first kappa shape index (κ1) is 23.6. The van der Waals surface area contributed by atoms with Crippen LogP contribution in [0.5, 0.6) is 11.5 Å². The fraction of sp³-hybridized carbons (Fsp3) is 0.462. The lowest BCUT2D eigenvalue weighted by molar-refractivity contribution is -0.142. The van der Waals surface area contributed by atoms with Crippen molar-refractivity contribution in [3.63, 3.8) is 0 Å². The largest absolute Gasteiger partial charge is 0.493 e. The summed E-state index contributed by atoms with van der Waals surface area (Å²) in [5.41, 5.74) is 2.09. The number of hydrogen-bond acceptors (Lipinski definition) is 4. The number of rotatable bonds is 9. The Morgan fingerprint density at radius 3 is 2.47 bits per heavy atom. The van der Waals surface area contributed by atoms with Gasteiger partial charge in [-0.25, -0.2) is 0 Å². The van der Waals surface area contributed by atoms with Gasteiger partial charge >= 0.3 is 0 Å². The van der Waals surface area contributed by atoms with Gasteiger partial charge in [-0.3, -0.25) is 9.59 Å². The molecule has 6 heteroatoms. The van der Waals surface area contributed by atoms with Gasteiger partial charge in [0.2, 0.25) is 5.91 Å². The molecule has 1 aliphatic carbocycles. The van der Waals surface area contributed by atoms with Crippen LogP contribution in [-0.2, 0) is 16.1 Å². The van der Waals surface area contributed by atoms with Crippen LogP contribution in [0.2, 0.25) is 0 Å². The zero-order chi connectivity index (χ0) is 22.9. The minimum absolute atomic E-state index is 0.116. The summed E-state index contributed by atoms with van der Waals surface area (Å²) >= 11 is 0. The Balaban J connectivity index is 1.72. The number of aryl methyl sites for hydroxylation is 1. The first-order chi connectivity index (χ1) is 15.5. The maximum absolute atomic E-state index is 13.2. The Labute approximate surface area is 190 Å². The Bertz CT molecular complexity index is 908. The number of methoxy groups -OCH3 is 1. The number of nitrogens with zero attached hydrogens (tertiary/aromatic N) is 1. The van der Waals surface area contributed by atoms with Crippen molar-refractivity contribution in [1.82, 2.24) is 10.2 Å². The Morgan fingerprint density at radius 2 is 1.78 bits per heavy atom. The van der Waals surface area contributed by atoms with E-state index in [0.717, 1.165) is 36.8 Å². The van der Waals surface area contributed by atoms with E-state index >= 15 is 0 Å². The molecular weight excluding hydrogens is 404 g/mol. The topological polar surface area (TPSA) is 67.9 Å². The Kier molecular flexibility index (Phi) is 8.54. The highest BCUT2D eigenvalue weighted by Crippen LogP contribution is 2.26. The maximum atomic E-state index is 13.2. The summed E-state index contributed by atoms with van der Waals surface area (Å²) < 4.78 is 11.1. The van der Waals surface area contributed by atoms with Crippen molar-refractivity contribution in [3.05, 3.63) is 59.7 Å². The number of carbonyl (C=O) groups is 2. The first-order valence-electron chi connectivity index (χ1n) is 11.4. The second-order valence-corrected chi connectivity index (χ2v) is 8.47. The highest BCUT2D eigenvalue weighted by atomic mass is 16.5. The molecule has 1 fully saturated rings. The monoisotopic (exact) mass is 438 g/mol. The van der Waals surface area contributed by atoms with Crippen LogP contribution in [0, 0.1) is 6.92 Å². The second-order valence-electron chi connectivity index (χ2n) is 8.47. The van der Waals surface area contributed by atoms with E-state index in [9.17, 15) is 9.59 Å². The van der Waals surface area contributed by atoms with Crippen molar-refractivity contribution in [2.24, 2.45) is 0 Å². The predicted molar refractivity (Wildman–Crippen MR) is 125 cm³/mol. The maximum Gasteiger partial charge on any atom is 0.261 e. The molecule has 1 saturated carbocycles. The number of benzene rings is 2. The molecule has 0 bridgehead atoms. The molecule has 2 aromatic rings. The van der Waals surface area contributed by atoms with E-state index in [-0.39, 0.29) is 24.5 Å².